The average molecular weight is 498 g/mol. The van der Waals surface area contributed by atoms with Crippen molar-refractivity contribution >= 4 is 72.3 Å². The van der Waals surface area contributed by atoms with Crippen molar-refractivity contribution in [2.45, 2.75) is 0 Å². The summed E-state index contributed by atoms with van der Waals surface area (Å²) in [5.74, 6) is 1.58. The maximum atomic E-state index is 6.13. The van der Waals surface area contributed by atoms with Gasteiger partial charge in [0, 0.05) is 0 Å². The highest BCUT2D eigenvalue weighted by Crippen LogP contribution is 2.38. The van der Waals surface area contributed by atoms with Crippen LogP contribution in [-0.2, 0) is 0 Å². The van der Waals surface area contributed by atoms with Crippen molar-refractivity contribution in [2.75, 3.05) is 0 Å². The van der Waals surface area contributed by atoms with Gasteiger partial charge in [0.05, 0.1) is 0 Å². The fourth-order valence-electron chi connectivity index (χ4n) is 6.12. The molecule has 2 nitrogen and oxygen atoms in total. The second kappa shape index (κ2) is 8.78. The molecule has 0 amide bonds. The smallest absolute Gasteiger partial charge is 0.529 e. The molecule has 0 aliphatic rings. The third kappa shape index (κ3) is 3.51. The van der Waals surface area contributed by atoms with Gasteiger partial charge in [0.25, 0.3) is 0 Å². The maximum absolute atomic E-state index is 6.13. The molecule has 182 valence electrons. The van der Waals surface area contributed by atoms with Crippen molar-refractivity contribution in [3.05, 3.63) is 133 Å². The van der Waals surface area contributed by atoms with Crippen LogP contribution in [0, 0.1) is 0 Å². The number of hydrogen-bond acceptors (Lipinski definition) is 2. The summed E-state index contributed by atoms with van der Waals surface area (Å²) in [5, 5.41) is 14.8. The molecule has 8 rings (SSSR count). The van der Waals surface area contributed by atoms with Gasteiger partial charge in [-0.05, 0) is 88.9 Å². The normalized spacial score (nSPS) is 11.6. The lowest BCUT2D eigenvalue weighted by Gasteiger charge is -2.14. The summed E-state index contributed by atoms with van der Waals surface area (Å²) in [6.07, 6.45) is 0. The van der Waals surface area contributed by atoms with E-state index in [1.807, 2.05) is 12.1 Å². The summed E-state index contributed by atoms with van der Waals surface area (Å²) in [6.45, 7) is 0. The first-order valence-corrected chi connectivity index (χ1v) is 13.3. The number of fused-ring (bicyclic) bond motifs is 12. The first-order valence-electron chi connectivity index (χ1n) is 13.3. The van der Waals surface area contributed by atoms with E-state index in [4.69, 9.17) is 9.31 Å². The molecule has 3 heteroatoms. The molecule has 0 aliphatic heterocycles. The second-order valence-electron chi connectivity index (χ2n) is 10.0. The Morgan fingerprint density at radius 2 is 0.538 bits per heavy atom. The molecule has 0 aliphatic carbocycles. The third-order valence-electron chi connectivity index (χ3n) is 7.88. The van der Waals surface area contributed by atoms with E-state index < -0.39 is 0 Å². The molecule has 0 bridgehead atoms. The minimum Gasteiger partial charge on any atom is -0.529 e. The Hall–Kier alpha value is -5.02. The van der Waals surface area contributed by atoms with Crippen LogP contribution in [0.4, 0.5) is 0 Å². The molecule has 0 aromatic heterocycles. The molecular formula is C36H23BO2. The average Bonchev–Trinajstić information content (AvgIpc) is 3.01. The van der Waals surface area contributed by atoms with Gasteiger partial charge >= 0.3 is 7.69 Å². The van der Waals surface area contributed by atoms with Gasteiger partial charge in [-0.15, -0.1) is 0 Å². The van der Waals surface area contributed by atoms with Crippen LogP contribution in [0.5, 0.6) is 11.5 Å². The van der Waals surface area contributed by atoms with E-state index in [1.165, 1.54) is 64.6 Å². The van der Waals surface area contributed by atoms with Crippen molar-refractivity contribution in [3.63, 3.8) is 0 Å². The number of hydrogen-bond donors (Lipinski definition) is 0. The van der Waals surface area contributed by atoms with Gasteiger partial charge in [-0.1, -0.05) is 109 Å². The Balaban J connectivity index is 1.14. The van der Waals surface area contributed by atoms with E-state index in [-0.39, 0.29) is 7.69 Å². The molecule has 0 saturated heterocycles. The van der Waals surface area contributed by atoms with Crippen molar-refractivity contribution in [3.8, 4) is 11.5 Å². The van der Waals surface area contributed by atoms with Gasteiger partial charge < -0.3 is 9.31 Å². The molecule has 0 radical (unpaired) electrons. The quantitative estimate of drug-likeness (QED) is 0.178. The van der Waals surface area contributed by atoms with Crippen molar-refractivity contribution in [2.24, 2.45) is 0 Å². The highest BCUT2D eigenvalue weighted by Gasteiger charge is 2.11. The minimum absolute atomic E-state index is 0.133. The Labute approximate surface area is 226 Å². The van der Waals surface area contributed by atoms with Crippen LogP contribution in [-0.4, -0.2) is 7.69 Å². The fraction of sp³-hybridized carbons (Fsp3) is 0. The van der Waals surface area contributed by atoms with Gasteiger partial charge in [0.1, 0.15) is 11.5 Å². The zero-order chi connectivity index (χ0) is 25.8. The van der Waals surface area contributed by atoms with Gasteiger partial charge in [0.15, 0.2) is 0 Å². The van der Waals surface area contributed by atoms with Gasteiger partial charge in [-0.2, -0.15) is 0 Å². The van der Waals surface area contributed by atoms with E-state index in [2.05, 4.69) is 121 Å². The maximum Gasteiger partial charge on any atom is 0.576 e. The van der Waals surface area contributed by atoms with Gasteiger partial charge in [0.2, 0.25) is 0 Å². The molecule has 0 N–H and O–H groups in total. The lowest BCUT2D eigenvalue weighted by molar-refractivity contribution is 0.460. The second-order valence-corrected chi connectivity index (χ2v) is 10.0. The summed E-state index contributed by atoms with van der Waals surface area (Å²) in [6, 6.07) is 47.0. The molecule has 0 heterocycles. The Kier molecular flexibility index (Phi) is 4.96. The first kappa shape index (κ1) is 22.0. The minimum atomic E-state index is 0.133. The topological polar surface area (TPSA) is 18.5 Å². The molecule has 0 spiro atoms. The Bertz CT molecular complexity index is 1990. The molecule has 0 saturated carbocycles. The SMILES string of the molecule is B(Oc1ccc2c3ccccc3c3ccccc3c2c1)Oc1ccc2c3ccccc3c3ccccc3c2c1. The molecule has 0 unspecified atom stereocenters. The van der Waals surface area contributed by atoms with E-state index in [0.29, 0.717) is 0 Å². The third-order valence-corrected chi connectivity index (χ3v) is 7.88. The Morgan fingerprint density at radius 1 is 0.282 bits per heavy atom. The number of rotatable bonds is 4. The van der Waals surface area contributed by atoms with Gasteiger partial charge in [-0.3, -0.25) is 0 Å². The lowest BCUT2D eigenvalue weighted by Crippen LogP contribution is -2.10. The van der Waals surface area contributed by atoms with Crippen molar-refractivity contribution < 1.29 is 9.31 Å². The molecule has 0 atom stereocenters. The predicted octanol–water partition coefficient (Wildman–Crippen LogP) is 9.33. The van der Waals surface area contributed by atoms with Crippen LogP contribution in [0.3, 0.4) is 0 Å². The number of benzene rings is 8. The van der Waals surface area contributed by atoms with Crippen molar-refractivity contribution in [1.29, 1.82) is 0 Å². The highest BCUT2D eigenvalue weighted by molar-refractivity contribution is 6.27. The highest BCUT2D eigenvalue weighted by atomic mass is 16.6. The predicted molar refractivity (Wildman–Crippen MR) is 166 cm³/mol. The molecular weight excluding hydrogens is 475 g/mol. The summed E-state index contributed by atoms with van der Waals surface area (Å²) in [7, 11) is 0.133. The molecule has 8 aromatic rings. The van der Waals surface area contributed by atoms with Crippen LogP contribution in [0.15, 0.2) is 133 Å². The summed E-state index contributed by atoms with van der Waals surface area (Å²) >= 11 is 0. The summed E-state index contributed by atoms with van der Waals surface area (Å²) < 4.78 is 12.3. The molecule has 8 aromatic carbocycles. The van der Waals surface area contributed by atoms with E-state index >= 15 is 0 Å². The molecule has 0 fully saturated rings. The molecule has 39 heavy (non-hydrogen) atoms. The van der Waals surface area contributed by atoms with Crippen molar-refractivity contribution in [1.82, 2.24) is 0 Å². The first-order chi connectivity index (χ1) is 19.3. The standard InChI is InChI=1S/C36H23BO2/c1-3-13-29-25(9-1)27-11-5-7-15-31(27)35-21-23(17-19-33(29)35)38-37-39-24-18-20-34-30-14-4-2-10-26(30)28-12-6-8-16-32(28)36(34)22-24/h1-22,37H. The fourth-order valence-corrected chi connectivity index (χ4v) is 6.12. The largest absolute Gasteiger partial charge is 0.576 e. The van der Waals surface area contributed by atoms with E-state index in [9.17, 15) is 0 Å². The monoisotopic (exact) mass is 498 g/mol. The van der Waals surface area contributed by atoms with Gasteiger partial charge in [-0.25, -0.2) is 0 Å². The zero-order valence-electron chi connectivity index (χ0n) is 21.2. The summed E-state index contributed by atoms with van der Waals surface area (Å²) in [4.78, 5) is 0. The van der Waals surface area contributed by atoms with Crippen LogP contribution in [0.1, 0.15) is 0 Å². The Morgan fingerprint density at radius 3 is 0.846 bits per heavy atom. The van der Waals surface area contributed by atoms with E-state index in [1.54, 1.807) is 0 Å². The van der Waals surface area contributed by atoms with Crippen LogP contribution < -0.4 is 9.31 Å². The summed E-state index contributed by atoms with van der Waals surface area (Å²) in [5.41, 5.74) is 0. The van der Waals surface area contributed by atoms with Crippen LogP contribution in [0.25, 0.3) is 64.6 Å². The van der Waals surface area contributed by atoms with E-state index in [0.717, 1.165) is 11.5 Å². The lowest BCUT2D eigenvalue weighted by atomic mass is 9.94. The van der Waals surface area contributed by atoms with Crippen LogP contribution in [0.2, 0.25) is 0 Å². The zero-order valence-corrected chi connectivity index (χ0v) is 21.2. The van der Waals surface area contributed by atoms with Crippen LogP contribution >= 0.6 is 0 Å².